The first-order valence-corrected chi connectivity index (χ1v) is 6.47. The molecule has 1 aromatic carbocycles. The normalized spacial score (nSPS) is 10.5. The molecule has 0 fully saturated rings. The fraction of sp³-hybridized carbons (Fsp3) is 0.286. The predicted octanol–water partition coefficient (Wildman–Crippen LogP) is 3.43. The third-order valence-corrected chi connectivity index (χ3v) is 2.88. The minimum atomic E-state index is -2.82. The maximum atomic E-state index is 12.1. The van der Waals surface area contributed by atoms with E-state index >= 15 is 0 Å². The molecule has 2 rings (SSSR count). The van der Waals surface area contributed by atoms with E-state index in [1.165, 1.54) is 18.5 Å². The summed E-state index contributed by atoms with van der Waals surface area (Å²) in [5.41, 5.74) is 1.68. The molecule has 0 atom stereocenters. The van der Waals surface area contributed by atoms with Crippen molar-refractivity contribution < 1.29 is 13.5 Å². The van der Waals surface area contributed by atoms with Crippen LogP contribution in [0.15, 0.2) is 30.6 Å². The standard InChI is InChI=1S/C14H16F2N4O/c1-3-11-12(17-2)18-8-19-13(11)20-9-4-6-10(7-5-9)21-14(15)16/h4-8,14H,3H2,1-2H3,(H2,17,18,19,20). The summed E-state index contributed by atoms with van der Waals surface area (Å²) in [6.07, 6.45) is 2.22. The smallest absolute Gasteiger partial charge is 0.387 e. The van der Waals surface area contributed by atoms with Crippen LogP contribution in [0.5, 0.6) is 5.75 Å². The molecule has 0 aliphatic heterocycles. The number of benzene rings is 1. The Balaban J connectivity index is 2.18. The average Bonchev–Trinajstić information content (AvgIpc) is 2.48. The van der Waals surface area contributed by atoms with Gasteiger partial charge in [-0.1, -0.05) is 6.92 Å². The quantitative estimate of drug-likeness (QED) is 0.855. The molecule has 1 aromatic heterocycles. The van der Waals surface area contributed by atoms with Crippen LogP contribution in [0.3, 0.4) is 0 Å². The van der Waals surface area contributed by atoms with Crippen LogP contribution in [-0.4, -0.2) is 23.6 Å². The second-order valence-corrected chi connectivity index (χ2v) is 4.18. The molecule has 0 spiro atoms. The molecular formula is C14H16F2N4O. The van der Waals surface area contributed by atoms with Gasteiger partial charge in [0.2, 0.25) is 0 Å². The van der Waals surface area contributed by atoms with Crippen LogP contribution in [0.4, 0.5) is 26.1 Å². The molecule has 0 saturated heterocycles. The summed E-state index contributed by atoms with van der Waals surface area (Å²) in [4.78, 5) is 8.36. The van der Waals surface area contributed by atoms with Crippen LogP contribution >= 0.6 is 0 Å². The van der Waals surface area contributed by atoms with Crippen molar-refractivity contribution in [2.45, 2.75) is 20.0 Å². The van der Waals surface area contributed by atoms with Gasteiger partial charge < -0.3 is 15.4 Å². The lowest BCUT2D eigenvalue weighted by Crippen LogP contribution is -2.05. The van der Waals surface area contributed by atoms with Crippen LogP contribution < -0.4 is 15.4 Å². The summed E-state index contributed by atoms with van der Waals surface area (Å²) in [7, 11) is 1.79. The Morgan fingerprint density at radius 1 is 1.14 bits per heavy atom. The molecule has 0 aliphatic carbocycles. The second-order valence-electron chi connectivity index (χ2n) is 4.18. The number of hydrogen-bond donors (Lipinski definition) is 2. The van der Waals surface area contributed by atoms with Gasteiger partial charge in [-0.05, 0) is 30.7 Å². The Bertz CT molecular complexity index is 590. The van der Waals surface area contributed by atoms with E-state index in [0.29, 0.717) is 5.82 Å². The van der Waals surface area contributed by atoms with Gasteiger partial charge in [0.15, 0.2) is 0 Å². The summed E-state index contributed by atoms with van der Waals surface area (Å²) < 4.78 is 28.5. The molecule has 0 amide bonds. The summed E-state index contributed by atoms with van der Waals surface area (Å²) in [5, 5.41) is 6.15. The zero-order chi connectivity index (χ0) is 15.2. The van der Waals surface area contributed by atoms with Crippen molar-refractivity contribution >= 4 is 17.3 Å². The first kappa shape index (κ1) is 15.0. The molecule has 0 saturated carbocycles. The zero-order valence-corrected chi connectivity index (χ0v) is 11.7. The van der Waals surface area contributed by atoms with Crippen molar-refractivity contribution in [3.63, 3.8) is 0 Å². The molecule has 0 radical (unpaired) electrons. The van der Waals surface area contributed by atoms with Crippen LogP contribution in [0.2, 0.25) is 0 Å². The van der Waals surface area contributed by atoms with Crippen LogP contribution in [0, 0.1) is 0 Å². The molecule has 21 heavy (non-hydrogen) atoms. The van der Waals surface area contributed by atoms with Crippen LogP contribution in [0.1, 0.15) is 12.5 Å². The molecule has 0 unspecified atom stereocenters. The van der Waals surface area contributed by atoms with Crippen molar-refractivity contribution in [1.29, 1.82) is 0 Å². The number of halogens is 2. The Kier molecular flexibility index (Phi) is 4.86. The molecule has 0 aliphatic rings. The Morgan fingerprint density at radius 2 is 1.81 bits per heavy atom. The maximum Gasteiger partial charge on any atom is 0.387 e. The highest BCUT2D eigenvalue weighted by atomic mass is 19.3. The van der Waals surface area contributed by atoms with Gasteiger partial charge in [0.05, 0.1) is 0 Å². The molecule has 112 valence electrons. The van der Waals surface area contributed by atoms with Gasteiger partial charge in [-0.15, -0.1) is 0 Å². The molecule has 7 heteroatoms. The minimum absolute atomic E-state index is 0.116. The predicted molar refractivity (Wildman–Crippen MR) is 77.3 cm³/mol. The number of hydrogen-bond acceptors (Lipinski definition) is 5. The van der Waals surface area contributed by atoms with E-state index in [-0.39, 0.29) is 5.75 Å². The van der Waals surface area contributed by atoms with Crippen molar-refractivity contribution in [3.05, 3.63) is 36.2 Å². The Labute approximate surface area is 121 Å². The van der Waals surface area contributed by atoms with E-state index in [9.17, 15) is 8.78 Å². The lowest BCUT2D eigenvalue weighted by atomic mass is 10.2. The SMILES string of the molecule is CCc1c(NC)ncnc1Nc1ccc(OC(F)F)cc1. The molecule has 0 bridgehead atoms. The number of rotatable bonds is 6. The zero-order valence-electron chi connectivity index (χ0n) is 11.7. The van der Waals surface area contributed by atoms with Gasteiger partial charge in [-0.2, -0.15) is 8.78 Å². The summed E-state index contributed by atoms with van der Waals surface area (Å²) in [5.74, 6) is 1.55. The fourth-order valence-corrected chi connectivity index (χ4v) is 1.93. The van der Waals surface area contributed by atoms with Gasteiger partial charge in [0.1, 0.15) is 23.7 Å². The minimum Gasteiger partial charge on any atom is -0.435 e. The van der Waals surface area contributed by atoms with Gasteiger partial charge in [0, 0.05) is 18.3 Å². The van der Waals surface area contributed by atoms with E-state index in [0.717, 1.165) is 23.5 Å². The van der Waals surface area contributed by atoms with Crippen molar-refractivity contribution in [1.82, 2.24) is 9.97 Å². The number of anilines is 3. The molecule has 5 nitrogen and oxygen atoms in total. The van der Waals surface area contributed by atoms with E-state index in [1.54, 1.807) is 19.2 Å². The Morgan fingerprint density at radius 3 is 2.38 bits per heavy atom. The molecule has 2 N–H and O–H groups in total. The summed E-state index contributed by atoms with van der Waals surface area (Å²) in [6.45, 7) is -0.819. The monoisotopic (exact) mass is 294 g/mol. The van der Waals surface area contributed by atoms with E-state index < -0.39 is 6.61 Å². The first-order chi connectivity index (χ1) is 10.1. The lowest BCUT2D eigenvalue weighted by Gasteiger charge is -2.13. The van der Waals surface area contributed by atoms with Crippen LogP contribution in [-0.2, 0) is 6.42 Å². The van der Waals surface area contributed by atoms with Crippen molar-refractivity contribution in [2.24, 2.45) is 0 Å². The first-order valence-electron chi connectivity index (χ1n) is 6.47. The number of aromatic nitrogens is 2. The van der Waals surface area contributed by atoms with E-state index in [4.69, 9.17) is 0 Å². The number of nitrogens with zero attached hydrogens (tertiary/aromatic N) is 2. The average molecular weight is 294 g/mol. The third kappa shape index (κ3) is 3.77. The van der Waals surface area contributed by atoms with Gasteiger partial charge in [-0.25, -0.2) is 9.97 Å². The molecule has 2 aromatic rings. The molecule has 1 heterocycles. The molecular weight excluding hydrogens is 278 g/mol. The second kappa shape index (κ2) is 6.83. The van der Waals surface area contributed by atoms with Gasteiger partial charge >= 0.3 is 6.61 Å². The van der Waals surface area contributed by atoms with Gasteiger partial charge in [0.25, 0.3) is 0 Å². The highest BCUT2D eigenvalue weighted by Gasteiger charge is 2.09. The van der Waals surface area contributed by atoms with E-state index in [1.807, 2.05) is 6.92 Å². The van der Waals surface area contributed by atoms with Gasteiger partial charge in [-0.3, -0.25) is 0 Å². The highest BCUT2D eigenvalue weighted by Crippen LogP contribution is 2.25. The maximum absolute atomic E-state index is 12.1. The number of alkyl halides is 2. The fourth-order valence-electron chi connectivity index (χ4n) is 1.93. The number of ether oxygens (including phenoxy) is 1. The summed E-state index contributed by atoms with van der Waals surface area (Å²) in [6, 6.07) is 6.25. The topological polar surface area (TPSA) is 59.1 Å². The van der Waals surface area contributed by atoms with Crippen molar-refractivity contribution in [2.75, 3.05) is 17.7 Å². The van der Waals surface area contributed by atoms with Crippen molar-refractivity contribution in [3.8, 4) is 5.75 Å². The Hall–Kier alpha value is -2.44. The summed E-state index contributed by atoms with van der Waals surface area (Å²) >= 11 is 0. The van der Waals surface area contributed by atoms with Crippen LogP contribution in [0.25, 0.3) is 0 Å². The van der Waals surface area contributed by atoms with E-state index in [2.05, 4.69) is 25.3 Å². The largest absolute Gasteiger partial charge is 0.435 e. The third-order valence-electron chi connectivity index (χ3n) is 2.88. The lowest BCUT2D eigenvalue weighted by molar-refractivity contribution is -0.0498. The highest BCUT2D eigenvalue weighted by molar-refractivity contribution is 5.65. The number of nitrogens with one attached hydrogen (secondary N) is 2.